The van der Waals surface area contributed by atoms with Gasteiger partial charge in [-0.2, -0.15) is 0 Å². The lowest BCUT2D eigenvalue weighted by Crippen LogP contribution is -1.94. The number of nitrogens with one attached hydrogen (secondary N) is 1. The maximum Gasteiger partial charge on any atom is 0.0722 e. The van der Waals surface area contributed by atoms with Crippen molar-refractivity contribution in [2.24, 2.45) is 0 Å². The van der Waals surface area contributed by atoms with Crippen LogP contribution in [-0.4, -0.2) is 4.98 Å². The van der Waals surface area contributed by atoms with E-state index in [1.807, 2.05) is 42.6 Å². The molecule has 0 aliphatic rings. The fourth-order valence-corrected chi connectivity index (χ4v) is 2.06. The van der Waals surface area contributed by atoms with Gasteiger partial charge in [-0.25, -0.2) is 0 Å². The van der Waals surface area contributed by atoms with Crippen LogP contribution in [0.25, 0.3) is 10.9 Å². The van der Waals surface area contributed by atoms with Crippen molar-refractivity contribution >= 4 is 22.3 Å². The number of benzene rings is 2. The molecule has 0 fully saturated rings. The predicted octanol–water partition coefficient (Wildman–Crippen LogP) is 4.29. The van der Waals surface area contributed by atoms with E-state index < -0.39 is 0 Å². The number of anilines is 2. The summed E-state index contributed by atoms with van der Waals surface area (Å²) in [7, 11) is 0. The molecule has 0 unspecified atom stereocenters. The predicted molar refractivity (Wildman–Crippen MR) is 76.2 cm³/mol. The van der Waals surface area contributed by atoms with Gasteiger partial charge in [0.15, 0.2) is 0 Å². The largest absolute Gasteiger partial charge is 0.355 e. The van der Waals surface area contributed by atoms with Gasteiger partial charge in [-0.15, -0.1) is 0 Å². The molecule has 0 aliphatic heterocycles. The second kappa shape index (κ2) is 4.49. The molecule has 0 saturated carbocycles. The first-order chi connectivity index (χ1) is 8.84. The van der Waals surface area contributed by atoms with Gasteiger partial charge in [-0.05, 0) is 30.7 Å². The molecule has 3 rings (SSSR count). The molecule has 0 spiro atoms. The van der Waals surface area contributed by atoms with Crippen LogP contribution < -0.4 is 5.32 Å². The highest BCUT2D eigenvalue weighted by Crippen LogP contribution is 2.26. The monoisotopic (exact) mass is 234 g/mol. The highest BCUT2D eigenvalue weighted by atomic mass is 14.9. The highest BCUT2D eigenvalue weighted by molar-refractivity contribution is 5.92. The van der Waals surface area contributed by atoms with Gasteiger partial charge in [0.1, 0.15) is 0 Å². The van der Waals surface area contributed by atoms with Crippen LogP contribution in [0, 0.1) is 6.92 Å². The molecule has 1 N–H and O–H groups in total. The number of nitrogens with zero attached hydrogens (tertiary/aromatic N) is 1. The Balaban J connectivity index is 2.08. The molecule has 0 amide bonds. The molecular weight excluding hydrogens is 220 g/mol. The van der Waals surface area contributed by atoms with Crippen LogP contribution in [0.2, 0.25) is 0 Å². The van der Waals surface area contributed by atoms with Gasteiger partial charge in [0.2, 0.25) is 0 Å². The molecule has 2 heteroatoms. The lowest BCUT2D eigenvalue weighted by atomic mass is 10.1. The summed E-state index contributed by atoms with van der Waals surface area (Å²) < 4.78 is 0. The van der Waals surface area contributed by atoms with Gasteiger partial charge in [0, 0.05) is 23.0 Å². The first-order valence-corrected chi connectivity index (χ1v) is 6.01. The number of para-hydroxylation sites is 2. The Hall–Kier alpha value is -2.35. The SMILES string of the molecule is Cc1ccccc1Nc1ccnc2ccccc12. The van der Waals surface area contributed by atoms with Gasteiger partial charge < -0.3 is 5.32 Å². The lowest BCUT2D eigenvalue weighted by Gasteiger charge is -2.11. The summed E-state index contributed by atoms with van der Waals surface area (Å²) in [4.78, 5) is 4.37. The van der Waals surface area contributed by atoms with Crippen molar-refractivity contribution < 1.29 is 0 Å². The number of hydrogen-bond donors (Lipinski definition) is 1. The van der Waals surface area contributed by atoms with E-state index in [1.54, 1.807) is 0 Å². The summed E-state index contributed by atoms with van der Waals surface area (Å²) in [5, 5.41) is 4.62. The van der Waals surface area contributed by atoms with Crippen molar-refractivity contribution in [1.82, 2.24) is 4.98 Å². The summed E-state index contributed by atoms with van der Waals surface area (Å²) >= 11 is 0. The third kappa shape index (κ3) is 1.93. The van der Waals surface area contributed by atoms with Crippen molar-refractivity contribution in [2.45, 2.75) is 6.92 Å². The van der Waals surface area contributed by atoms with Crippen molar-refractivity contribution in [2.75, 3.05) is 5.32 Å². The van der Waals surface area contributed by atoms with Gasteiger partial charge in [-0.1, -0.05) is 36.4 Å². The average Bonchev–Trinajstić information content (AvgIpc) is 2.42. The third-order valence-corrected chi connectivity index (χ3v) is 3.06. The topological polar surface area (TPSA) is 24.9 Å². The van der Waals surface area contributed by atoms with Crippen LogP contribution in [0.15, 0.2) is 60.8 Å². The Kier molecular flexibility index (Phi) is 2.69. The first kappa shape index (κ1) is 10.8. The van der Waals surface area contributed by atoms with Crippen LogP contribution in [0.5, 0.6) is 0 Å². The molecular formula is C16H14N2. The van der Waals surface area contributed by atoms with Crippen LogP contribution >= 0.6 is 0 Å². The second-order valence-electron chi connectivity index (χ2n) is 4.32. The van der Waals surface area contributed by atoms with E-state index in [1.165, 1.54) is 5.56 Å². The highest BCUT2D eigenvalue weighted by Gasteiger charge is 2.02. The fourth-order valence-electron chi connectivity index (χ4n) is 2.06. The number of aromatic nitrogens is 1. The number of hydrogen-bond acceptors (Lipinski definition) is 2. The Labute approximate surface area is 106 Å². The Morgan fingerprint density at radius 3 is 2.50 bits per heavy atom. The molecule has 1 aromatic heterocycles. The number of aryl methyl sites for hydroxylation is 1. The minimum atomic E-state index is 1.01. The molecule has 0 saturated heterocycles. The minimum absolute atomic E-state index is 1.01. The summed E-state index contributed by atoms with van der Waals surface area (Å²) in [6, 6.07) is 18.4. The van der Waals surface area contributed by atoms with E-state index in [2.05, 4.69) is 35.4 Å². The van der Waals surface area contributed by atoms with Gasteiger partial charge in [0.25, 0.3) is 0 Å². The molecule has 88 valence electrons. The quantitative estimate of drug-likeness (QED) is 0.715. The maximum atomic E-state index is 4.37. The number of rotatable bonds is 2. The zero-order chi connectivity index (χ0) is 12.4. The summed E-state index contributed by atoms with van der Waals surface area (Å²) in [5.41, 5.74) is 4.47. The molecule has 2 nitrogen and oxygen atoms in total. The number of fused-ring (bicyclic) bond motifs is 1. The Morgan fingerprint density at radius 2 is 1.61 bits per heavy atom. The molecule has 2 aromatic carbocycles. The summed E-state index contributed by atoms with van der Waals surface area (Å²) in [6.45, 7) is 2.10. The van der Waals surface area contributed by atoms with Crippen LogP contribution in [0.3, 0.4) is 0 Å². The van der Waals surface area contributed by atoms with E-state index in [0.717, 1.165) is 22.3 Å². The van der Waals surface area contributed by atoms with E-state index in [0.29, 0.717) is 0 Å². The smallest absolute Gasteiger partial charge is 0.0722 e. The minimum Gasteiger partial charge on any atom is -0.355 e. The standard InChI is InChI=1S/C16H14N2/c1-12-6-2-4-8-14(12)18-16-10-11-17-15-9-5-3-7-13(15)16/h2-11H,1H3,(H,17,18). The second-order valence-corrected chi connectivity index (χ2v) is 4.32. The zero-order valence-electron chi connectivity index (χ0n) is 10.2. The van der Waals surface area contributed by atoms with Gasteiger partial charge >= 0.3 is 0 Å². The average molecular weight is 234 g/mol. The third-order valence-electron chi connectivity index (χ3n) is 3.06. The van der Waals surface area contributed by atoms with E-state index in [-0.39, 0.29) is 0 Å². The Morgan fingerprint density at radius 1 is 0.833 bits per heavy atom. The molecule has 0 radical (unpaired) electrons. The maximum absolute atomic E-state index is 4.37. The molecule has 0 bridgehead atoms. The van der Waals surface area contributed by atoms with Gasteiger partial charge in [0.05, 0.1) is 5.52 Å². The van der Waals surface area contributed by atoms with E-state index >= 15 is 0 Å². The first-order valence-electron chi connectivity index (χ1n) is 6.01. The summed E-state index contributed by atoms with van der Waals surface area (Å²) in [6.07, 6.45) is 1.84. The van der Waals surface area contributed by atoms with Crippen molar-refractivity contribution in [1.29, 1.82) is 0 Å². The molecule has 0 atom stereocenters. The van der Waals surface area contributed by atoms with Gasteiger partial charge in [-0.3, -0.25) is 4.98 Å². The van der Waals surface area contributed by atoms with Crippen molar-refractivity contribution in [3.63, 3.8) is 0 Å². The van der Waals surface area contributed by atoms with E-state index in [4.69, 9.17) is 0 Å². The Bertz CT molecular complexity index is 684. The molecule has 3 aromatic rings. The van der Waals surface area contributed by atoms with Crippen LogP contribution in [-0.2, 0) is 0 Å². The molecule has 18 heavy (non-hydrogen) atoms. The number of pyridine rings is 1. The normalized spacial score (nSPS) is 10.5. The molecule has 1 heterocycles. The van der Waals surface area contributed by atoms with Crippen LogP contribution in [0.1, 0.15) is 5.56 Å². The fraction of sp³-hybridized carbons (Fsp3) is 0.0625. The lowest BCUT2D eigenvalue weighted by molar-refractivity contribution is 1.39. The van der Waals surface area contributed by atoms with Crippen LogP contribution in [0.4, 0.5) is 11.4 Å². The van der Waals surface area contributed by atoms with E-state index in [9.17, 15) is 0 Å². The zero-order valence-corrected chi connectivity index (χ0v) is 10.2. The van der Waals surface area contributed by atoms with Crippen molar-refractivity contribution in [3.8, 4) is 0 Å². The molecule has 0 aliphatic carbocycles. The van der Waals surface area contributed by atoms with Crippen molar-refractivity contribution in [3.05, 3.63) is 66.4 Å². The summed E-state index contributed by atoms with van der Waals surface area (Å²) in [5.74, 6) is 0.